The Morgan fingerprint density at radius 2 is 2.00 bits per heavy atom. The molecule has 1 atom stereocenters. The number of hydrogen-bond acceptors (Lipinski definition) is 3. The zero-order valence-electron chi connectivity index (χ0n) is 8.78. The molecule has 3 heteroatoms. The van der Waals surface area contributed by atoms with Crippen LogP contribution in [0.2, 0.25) is 0 Å². The Hall–Kier alpha value is -1.79. The van der Waals surface area contributed by atoms with Crippen molar-refractivity contribution >= 4 is 5.97 Å². The summed E-state index contributed by atoms with van der Waals surface area (Å²) in [5.74, 6) is 5.39. The summed E-state index contributed by atoms with van der Waals surface area (Å²) in [5, 5.41) is 0. The minimum Gasteiger partial charge on any atom is -0.465 e. The van der Waals surface area contributed by atoms with Gasteiger partial charge in [0.05, 0.1) is 18.7 Å². The molecule has 0 bridgehead atoms. The zero-order chi connectivity index (χ0) is 11.3. The van der Waals surface area contributed by atoms with Gasteiger partial charge in [0, 0.05) is 5.56 Å². The van der Waals surface area contributed by atoms with E-state index < -0.39 is 0 Å². The quantitative estimate of drug-likeness (QED) is 0.550. The molecule has 3 nitrogen and oxygen atoms in total. The summed E-state index contributed by atoms with van der Waals surface area (Å²) in [4.78, 5) is 11.1. The Morgan fingerprint density at radius 1 is 1.40 bits per heavy atom. The Labute approximate surface area is 89.2 Å². The van der Waals surface area contributed by atoms with Crippen molar-refractivity contribution in [2.24, 2.45) is 5.73 Å². The highest BCUT2D eigenvalue weighted by Crippen LogP contribution is 2.04. The topological polar surface area (TPSA) is 52.3 Å². The molecule has 0 aliphatic heterocycles. The van der Waals surface area contributed by atoms with Crippen molar-refractivity contribution in [3.8, 4) is 11.8 Å². The highest BCUT2D eigenvalue weighted by atomic mass is 16.5. The second-order valence-corrected chi connectivity index (χ2v) is 3.13. The van der Waals surface area contributed by atoms with E-state index in [9.17, 15) is 4.79 Å². The van der Waals surface area contributed by atoms with Crippen molar-refractivity contribution in [1.82, 2.24) is 0 Å². The normalized spacial score (nSPS) is 11.1. The number of ether oxygens (including phenoxy) is 1. The van der Waals surface area contributed by atoms with Gasteiger partial charge in [0.15, 0.2) is 0 Å². The molecule has 1 aromatic rings. The first kappa shape index (κ1) is 11.3. The first-order valence-electron chi connectivity index (χ1n) is 4.59. The number of nitrogens with two attached hydrogens (primary N) is 1. The highest BCUT2D eigenvalue weighted by Gasteiger charge is 2.02. The van der Waals surface area contributed by atoms with Crippen LogP contribution in [-0.2, 0) is 4.74 Å². The van der Waals surface area contributed by atoms with Crippen LogP contribution < -0.4 is 5.73 Å². The van der Waals surface area contributed by atoms with Gasteiger partial charge < -0.3 is 10.5 Å². The van der Waals surface area contributed by atoms with Crippen molar-refractivity contribution in [2.45, 2.75) is 13.0 Å². The Bertz CT molecular complexity index is 396. The Balaban J connectivity index is 2.83. The molecule has 0 spiro atoms. The molecule has 2 N–H and O–H groups in total. The predicted molar refractivity (Wildman–Crippen MR) is 58.3 cm³/mol. The molecule has 78 valence electrons. The number of methoxy groups -OCH3 is 1. The molecule has 15 heavy (non-hydrogen) atoms. The largest absolute Gasteiger partial charge is 0.465 e. The number of rotatable bonds is 1. The van der Waals surface area contributed by atoms with Crippen LogP contribution in [0.4, 0.5) is 0 Å². The van der Waals surface area contributed by atoms with Crippen molar-refractivity contribution in [3.63, 3.8) is 0 Å². The fourth-order valence-corrected chi connectivity index (χ4v) is 1.00. The van der Waals surface area contributed by atoms with Gasteiger partial charge in [-0.25, -0.2) is 4.79 Å². The second kappa shape index (κ2) is 5.18. The van der Waals surface area contributed by atoms with Crippen LogP contribution in [0, 0.1) is 11.8 Å². The molecule has 0 aliphatic carbocycles. The maximum Gasteiger partial charge on any atom is 0.337 e. The number of esters is 1. The van der Waals surface area contributed by atoms with Crippen molar-refractivity contribution < 1.29 is 9.53 Å². The number of carbonyl (C=O) groups excluding carboxylic acids is 1. The lowest BCUT2D eigenvalue weighted by molar-refractivity contribution is 0.0601. The Kier molecular flexibility index (Phi) is 3.90. The van der Waals surface area contributed by atoms with Crippen LogP contribution in [-0.4, -0.2) is 19.1 Å². The molecule has 0 amide bonds. The van der Waals surface area contributed by atoms with Crippen molar-refractivity contribution in [1.29, 1.82) is 0 Å². The molecule has 1 rings (SSSR count). The minimum absolute atomic E-state index is 0.148. The third-order valence-corrected chi connectivity index (χ3v) is 1.75. The molecule has 0 aromatic heterocycles. The van der Waals surface area contributed by atoms with Gasteiger partial charge in [-0.05, 0) is 31.2 Å². The van der Waals surface area contributed by atoms with Crippen molar-refractivity contribution in [3.05, 3.63) is 35.4 Å². The molecule has 1 aromatic carbocycles. The van der Waals surface area contributed by atoms with E-state index in [2.05, 4.69) is 16.6 Å². The van der Waals surface area contributed by atoms with E-state index in [0.29, 0.717) is 5.56 Å². The number of hydrogen-bond donors (Lipinski definition) is 1. The molecule has 0 aliphatic rings. The molecule has 0 fully saturated rings. The lowest BCUT2D eigenvalue weighted by Crippen LogP contribution is -2.10. The Morgan fingerprint density at radius 3 is 2.47 bits per heavy atom. The number of benzene rings is 1. The summed E-state index contributed by atoms with van der Waals surface area (Å²) < 4.78 is 4.58. The van der Waals surface area contributed by atoms with Gasteiger partial charge in [0.25, 0.3) is 0 Å². The van der Waals surface area contributed by atoms with E-state index in [1.165, 1.54) is 7.11 Å². The molecular formula is C12H13NO2. The first-order valence-corrected chi connectivity index (χ1v) is 4.59. The second-order valence-electron chi connectivity index (χ2n) is 3.13. The van der Waals surface area contributed by atoms with Crippen LogP contribution in [0.3, 0.4) is 0 Å². The summed E-state index contributed by atoms with van der Waals surface area (Å²) in [6.07, 6.45) is 0. The van der Waals surface area contributed by atoms with Crippen LogP contribution >= 0.6 is 0 Å². The lowest BCUT2D eigenvalue weighted by Gasteiger charge is -1.98. The van der Waals surface area contributed by atoms with Gasteiger partial charge in [0.2, 0.25) is 0 Å². The lowest BCUT2D eigenvalue weighted by atomic mass is 10.1. The summed E-state index contributed by atoms with van der Waals surface area (Å²) in [5.41, 5.74) is 6.84. The molecule has 0 unspecified atom stereocenters. The van der Waals surface area contributed by atoms with Crippen molar-refractivity contribution in [2.75, 3.05) is 7.11 Å². The standard InChI is InChI=1S/C12H13NO2/c1-9(13)3-4-10-5-7-11(8-6-10)12(14)15-2/h5-9H,13H2,1-2H3/t9-/m0/s1. The monoisotopic (exact) mass is 203 g/mol. The maximum atomic E-state index is 11.1. The first-order chi connectivity index (χ1) is 7.13. The van der Waals surface area contributed by atoms with Gasteiger partial charge >= 0.3 is 5.97 Å². The summed E-state index contributed by atoms with van der Waals surface area (Å²) in [7, 11) is 1.35. The summed E-state index contributed by atoms with van der Waals surface area (Å²) in [6, 6.07) is 6.74. The average molecular weight is 203 g/mol. The maximum absolute atomic E-state index is 11.1. The molecule has 0 heterocycles. The average Bonchev–Trinajstić information content (AvgIpc) is 2.26. The van der Waals surface area contributed by atoms with E-state index >= 15 is 0 Å². The van der Waals surface area contributed by atoms with Gasteiger partial charge in [-0.1, -0.05) is 11.8 Å². The van der Waals surface area contributed by atoms with Crippen LogP contribution in [0.15, 0.2) is 24.3 Å². The van der Waals surface area contributed by atoms with Gasteiger partial charge in [-0.15, -0.1) is 0 Å². The SMILES string of the molecule is COC(=O)c1ccc(C#C[C@H](C)N)cc1. The predicted octanol–water partition coefficient (Wildman–Crippen LogP) is 1.17. The summed E-state index contributed by atoms with van der Waals surface area (Å²) >= 11 is 0. The van der Waals surface area contributed by atoms with E-state index in [-0.39, 0.29) is 12.0 Å². The molecule has 0 radical (unpaired) electrons. The summed E-state index contributed by atoms with van der Waals surface area (Å²) in [6.45, 7) is 1.82. The smallest absolute Gasteiger partial charge is 0.337 e. The minimum atomic E-state index is -0.346. The van der Waals surface area contributed by atoms with Crippen LogP contribution in [0.25, 0.3) is 0 Å². The van der Waals surface area contributed by atoms with Gasteiger partial charge in [0.1, 0.15) is 0 Å². The van der Waals surface area contributed by atoms with E-state index in [4.69, 9.17) is 5.73 Å². The van der Waals surface area contributed by atoms with Gasteiger partial charge in [-0.2, -0.15) is 0 Å². The number of carbonyl (C=O) groups is 1. The molecular weight excluding hydrogens is 190 g/mol. The third-order valence-electron chi connectivity index (χ3n) is 1.75. The highest BCUT2D eigenvalue weighted by molar-refractivity contribution is 5.89. The fourth-order valence-electron chi connectivity index (χ4n) is 1.00. The van der Waals surface area contributed by atoms with E-state index in [1.54, 1.807) is 24.3 Å². The van der Waals surface area contributed by atoms with Crippen LogP contribution in [0.1, 0.15) is 22.8 Å². The van der Waals surface area contributed by atoms with Gasteiger partial charge in [-0.3, -0.25) is 0 Å². The van der Waals surface area contributed by atoms with Crippen LogP contribution in [0.5, 0.6) is 0 Å². The molecule has 0 saturated carbocycles. The van der Waals surface area contributed by atoms with E-state index in [0.717, 1.165) is 5.56 Å². The molecule has 0 saturated heterocycles. The fraction of sp³-hybridized carbons (Fsp3) is 0.250. The third kappa shape index (κ3) is 3.45. The zero-order valence-corrected chi connectivity index (χ0v) is 8.78. The van der Waals surface area contributed by atoms with E-state index in [1.807, 2.05) is 6.92 Å².